The molecule has 3 aromatic rings. The summed E-state index contributed by atoms with van der Waals surface area (Å²) in [6.07, 6.45) is -3.59. The number of fused-ring (bicyclic) bond motifs is 1. The lowest BCUT2D eigenvalue weighted by molar-refractivity contribution is -0.133. The maximum absolute atomic E-state index is 12.6. The van der Waals surface area contributed by atoms with Crippen LogP contribution in [0.1, 0.15) is 36.6 Å². The van der Waals surface area contributed by atoms with E-state index in [-0.39, 0.29) is 44.8 Å². The number of aryl methyl sites for hydroxylation is 1. The molecule has 0 unspecified atom stereocenters. The molecule has 8 atom stereocenters. The summed E-state index contributed by atoms with van der Waals surface area (Å²) in [6.45, 7) is 1.97. The fourth-order valence-corrected chi connectivity index (χ4v) is 5.34. The normalized spacial score (nSPS) is 28.1. The van der Waals surface area contributed by atoms with E-state index in [9.17, 15) is 30.0 Å². The van der Waals surface area contributed by atoms with Crippen molar-refractivity contribution in [3.05, 3.63) is 40.6 Å². The highest BCUT2D eigenvalue weighted by molar-refractivity contribution is 5.72. The zero-order chi connectivity index (χ0) is 30.8. The first-order valence-electron chi connectivity index (χ1n) is 13.7. The van der Waals surface area contributed by atoms with Crippen molar-refractivity contribution in [2.75, 3.05) is 25.4 Å². The molecule has 5 rings (SSSR count). The fourth-order valence-electron chi connectivity index (χ4n) is 5.34. The van der Waals surface area contributed by atoms with E-state index < -0.39 is 61.5 Å². The molecule has 0 amide bonds. The van der Waals surface area contributed by atoms with Crippen molar-refractivity contribution in [1.29, 1.82) is 0 Å². The molecule has 234 valence electrons. The van der Waals surface area contributed by atoms with Crippen LogP contribution in [0.2, 0.25) is 0 Å². The number of aromatic nitrogens is 6. The van der Waals surface area contributed by atoms with Gasteiger partial charge in [-0.05, 0) is 6.92 Å². The summed E-state index contributed by atoms with van der Waals surface area (Å²) in [5, 5.41) is 41.5. The van der Waals surface area contributed by atoms with Crippen molar-refractivity contribution in [2.24, 2.45) is 5.73 Å². The molecule has 2 aliphatic rings. The minimum absolute atomic E-state index is 0.0531. The third-order valence-corrected chi connectivity index (χ3v) is 7.70. The lowest BCUT2D eigenvalue weighted by atomic mass is 10.1. The number of aliphatic hydroxyl groups excluding tert-OH is 4. The summed E-state index contributed by atoms with van der Waals surface area (Å²) in [5.74, 6) is -0.0531. The van der Waals surface area contributed by atoms with Crippen molar-refractivity contribution in [3.63, 3.8) is 0 Å². The lowest BCUT2D eigenvalue weighted by Gasteiger charge is -2.28. The number of anilines is 1. The lowest BCUT2D eigenvalue weighted by Crippen LogP contribution is -2.42. The first kappa shape index (κ1) is 30.8. The van der Waals surface area contributed by atoms with E-state index in [1.54, 1.807) is 11.8 Å². The van der Waals surface area contributed by atoms with Gasteiger partial charge in [-0.25, -0.2) is 19.7 Å². The Kier molecular flexibility index (Phi) is 9.28. The van der Waals surface area contributed by atoms with Gasteiger partial charge in [0.05, 0.1) is 24.7 Å². The van der Waals surface area contributed by atoms with Gasteiger partial charge in [0.2, 0.25) is 0 Å². The van der Waals surface area contributed by atoms with E-state index in [2.05, 4.69) is 19.9 Å². The molecule has 2 fully saturated rings. The van der Waals surface area contributed by atoms with Crippen LogP contribution in [0.5, 0.6) is 0 Å². The summed E-state index contributed by atoms with van der Waals surface area (Å²) in [5.41, 5.74) is 13.3. The number of carbonyl (C=O) groups is 1. The van der Waals surface area contributed by atoms with Gasteiger partial charge in [-0.15, -0.1) is 0 Å². The van der Waals surface area contributed by atoms with Crippen LogP contribution in [0.25, 0.3) is 11.2 Å². The zero-order valence-electron chi connectivity index (χ0n) is 23.3. The average Bonchev–Trinajstić information content (AvgIpc) is 3.65. The molecule has 2 aliphatic heterocycles. The van der Waals surface area contributed by atoms with Gasteiger partial charge < -0.3 is 40.4 Å². The minimum atomic E-state index is -1.32. The van der Waals surface area contributed by atoms with Crippen molar-refractivity contribution < 1.29 is 39.4 Å². The first-order valence-corrected chi connectivity index (χ1v) is 13.7. The van der Waals surface area contributed by atoms with Gasteiger partial charge in [-0.1, -0.05) is 0 Å². The van der Waals surface area contributed by atoms with Crippen LogP contribution >= 0.6 is 0 Å². The number of imidazole rings is 1. The van der Waals surface area contributed by atoms with Gasteiger partial charge >= 0.3 is 5.69 Å². The smallest absolute Gasteiger partial charge is 0.351 e. The van der Waals surface area contributed by atoms with Crippen LogP contribution in [-0.4, -0.2) is 117 Å². The highest BCUT2D eigenvalue weighted by atomic mass is 16.6. The van der Waals surface area contributed by atoms with E-state index >= 15 is 0 Å². The molecule has 18 nitrogen and oxygen atoms in total. The predicted octanol–water partition coefficient (Wildman–Crippen LogP) is -3.12. The van der Waals surface area contributed by atoms with Gasteiger partial charge in [0.25, 0.3) is 6.47 Å². The summed E-state index contributed by atoms with van der Waals surface area (Å²) < 4.78 is 19.3. The van der Waals surface area contributed by atoms with Crippen molar-refractivity contribution in [2.45, 2.75) is 75.5 Å². The number of aliphatic hydroxyl groups is 4. The van der Waals surface area contributed by atoms with Crippen molar-refractivity contribution in [3.8, 4) is 0 Å². The Morgan fingerprint density at radius 1 is 1.19 bits per heavy atom. The summed E-state index contributed by atoms with van der Waals surface area (Å²) in [4.78, 5) is 41.8. The van der Waals surface area contributed by atoms with Gasteiger partial charge in [-0.3, -0.25) is 24.6 Å². The number of nitrogen functional groups attached to an aromatic ring is 1. The van der Waals surface area contributed by atoms with Crippen LogP contribution < -0.4 is 17.2 Å². The number of nitrogens with zero attached hydrogens (tertiary/aromatic N) is 7. The summed E-state index contributed by atoms with van der Waals surface area (Å²) >= 11 is 0. The largest absolute Gasteiger partial charge is 0.449 e. The molecule has 43 heavy (non-hydrogen) atoms. The fraction of sp³-hybridized carbons (Fsp3) is 0.600. The van der Waals surface area contributed by atoms with E-state index in [1.807, 2.05) is 0 Å². The Morgan fingerprint density at radius 3 is 2.70 bits per heavy atom. The van der Waals surface area contributed by atoms with E-state index in [0.29, 0.717) is 22.4 Å². The molecule has 0 aromatic carbocycles. The van der Waals surface area contributed by atoms with Crippen LogP contribution in [0.4, 0.5) is 5.82 Å². The Labute approximate surface area is 244 Å². The maximum Gasteiger partial charge on any atom is 0.351 e. The second-order valence-corrected chi connectivity index (χ2v) is 10.6. The number of hydrogen-bond acceptors (Lipinski definition) is 16. The first-order chi connectivity index (χ1) is 20.6. The minimum Gasteiger partial charge on any atom is -0.449 e. The number of nitrogens with two attached hydrogens (primary N) is 2. The third-order valence-electron chi connectivity index (χ3n) is 7.70. The molecule has 2 saturated heterocycles. The van der Waals surface area contributed by atoms with E-state index in [1.165, 1.54) is 28.0 Å². The average molecular weight is 606 g/mol. The molecule has 0 radical (unpaired) electrons. The molecule has 5 heterocycles. The van der Waals surface area contributed by atoms with Gasteiger partial charge in [0.15, 0.2) is 18.1 Å². The van der Waals surface area contributed by atoms with Crippen LogP contribution in [0.3, 0.4) is 0 Å². The van der Waals surface area contributed by atoms with Crippen LogP contribution in [-0.2, 0) is 25.5 Å². The maximum atomic E-state index is 12.6. The third kappa shape index (κ3) is 6.36. The Morgan fingerprint density at radius 2 is 1.98 bits per heavy atom. The van der Waals surface area contributed by atoms with Crippen LogP contribution in [0, 0.1) is 6.92 Å². The van der Waals surface area contributed by atoms with Crippen molar-refractivity contribution >= 4 is 23.5 Å². The number of hydrogen-bond donors (Lipinski definition) is 6. The second kappa shape index (κ2) is 12.9. The summed E-state index contributed by atoms with van der Waals surface area (Å²) in [6, 6.07) is 0. The Balaban J connectivity index is 1.37. The molecule has 0 spiro atoms. The molecule has 18 heteroatoms. The molecule has 0 saturated carbocycles. The molecule has 0 aliphatic carbocycles. The van der Waals surface area contributed by atoms with Gasteiger partial charge in [0.1, 0.15) is 48.3 Å². The highest BCUT2D eigenvalue weighted by Crippen LogP contribution is 2.33. The predicted molar refractivity (Wildman–Crippen MR) is 146 cm³/mol. The van der Waals surface area contributed by atoms with Crippen molar-refractivity contribution in [1.82, 2.24) is 34.0 Å². The quantitative estimate of drug-likeness (QED) is 0.0881. The molecule has 3 aromatic heterocycles. The summed E-state index contributed by atoms with van der Waals surface area (Å²) in [7, 11) is 0. The molecular formula is C25H35N9O9. The molecular weight excluding hydrogens is 570 g/mol. The molecule has 8 N–H and O–H groups in total. The number of rotatable bonds is 12. The Hall–Kier alpha value is -3.62. The monoisotopic (exact) mass is 605 g/mol. The van der Waals surface area contributed by atoms with Gasteiger partial charge in [-0.2, -0.15) is 4.98 Å². The highest BCUT2D eigenvalue weighted by Gasteiger charge is 2.45. The Bertz CT molecular complexity index is 1490. The van der Waals surface area contributed by atoms with Crippen LogP contribution in [0.15, 0.2) is 23.6 Å². The second-order valence-electron chi connectivity index (χ2n) is 10.6. The topological polar surface area (TPSA) is 259 Å². The SMILES string of the molecule is Cc1ncnc2c1ncn2[C@@H]1O[C@H](CN(CC[C@H](N)OC=O)Cc2cn([C@H]3C[C@H](O)[C@@H](CO)O3)c(=O)nc2N)[C@@H](O)[C@H]1O. The molecule has 0 bridgehead atoms. The number of ether oxygens (including phenoxy) is 3. The van der Waals surface area contributed by atoms with Gasteiger partial charge in [0, 0.05) is 44.2 Å². The number of carbonyl (C=O) groups excluding carboxylic acids is 1. The van der Waals surface area contributed by atoms with E-state index in [4.69, 9.17) is 25.7 Å². The zero-order valence-corrected chi connectivity index (χ0v) is 23.3. The standard InChI is InChI=1S/C25H35N9O9/c1-12-19-23(29-9-28-12)34(10-30-19)24-21(39)20(38)15(43-24)7-32(3-2-17(26)41-11-36)5-13-6-33(25(40)31-22(13)27)18-4-14(37)16(8-35)42-18/h6,9-11,14-18,20-21,24,35,37-39H,2-5,7-8,26H2,1H3,(H2,27,31,40)/t14-,15+,16+,17+,18+,20+,21+,24+/m0/s1. The van der Waals surface area contributed by atoms with E-state index in [0.717, 1.165) is 0 Å².